The summed E-state index contributed by atoms with van der Waals surface area (Å²) >= 11 is 7.54. The second-order valence-electron chi connectivity index (χ2n) is 16.7. The minimum Gasteiger partial charge on any atom is -0.379 e. The number of para-hydroxylation sites is 1. The number of carbonyl (C=O) groups is 1. The third-order valence-corrected chi connectivity index (χ3v) is 12.1. The van der Waals surface area contributed by atoms with Crippen molar-refractivity contribution in [2.24, 2.45) is 5.11 Å². The van der Waals surface area contributed by atoms with E-state index in [0.717, 1.165) is 49.8 Å². The number of ether oxygens (including phenoxy) is 12. The number of hydrogen-bond donors (Lipinski definition) is 2. The summed E-state index contributed by atoms with van der Waals surface area (Å²) in [7, 11) is 0. The van der Waals surface area contributed by atoms with Crippen LogP contribution in [-0.2, 0) is 70.0 Å². The summed E-state index contributed by atoms with van der Waals surface area (Å²) < 4.78 is 68.2. The number of halogens is 1. The zero-order valence-corrected chi connectivity index (χ0v) is 46.0. The van der Waals surface area contributed by atoms with Crippen LogP contribution in [0.1, 0.15) is 26.8 Å². The Hall–Kier alpha value is -4.78. The lowest BCUT2D eigenvalue weighted by Crippen LogP contribution is -2.47. The highest BCUT2D eigenvalue weighted by molar-refractivity contribution is 7.17. The molecule has 1 aromatic carbocycles. The number of thiazole rings is 1. The van der Waals surface area contributed by atoms with Crippen molar-refractivity contribution in [2.75, 3.05) is 207 Å². The van der Waals surface area contributed by atoms with Crippen molar-refractivity contribution in [3.05, 3.63) is 74.1 Å². The van der Waals surface area contributed by atoms with E-state index in [0.29, 0.717) is 204 Å². The zero-order chi connectivity index (χ0) is 54.2. The number of nitrogens with zero attached hydrogens (tertiary/aromatic N) is 11. The number of anilines is 4. The van der Waals surface area contributed by atoms with Gasteiger partial charge >= 0.3 is 0 Å². The molecule has 0 saturated carbocycles. The average molecular weight is 1120 g/mol. The molecule has 0 bridgehead atoms. The van der Waals surface area contributed by atoms with Crippen molar-refractivity contribution in [1.82, 2.24) is 34.8 Å². The first-order valence-corrected chi connectivity index (χ1v) is 27.0. The smallest absolute Gasteiger partial charge is 0.267 e. The van der Waals surface area contributed by atoms with E-state index in [1.54, 1.807) is 10.7 Å². The number of amides is 1. The number of aryl methyl sites for hydroxylation is 2. The van der Waals surface area contributed by atoms with Gasteiger partial charge < -0.3 is 72.4 Å². The molecule has 1 aliphatic heterocycles. The number of aromatic nitrogens is 6. The van der Waals surface area contributed by atoms with E-state index in [1.165, 1.54) is 17.5 Å². The summed E-state index contributed by atoms with van der Waals surface area (Å²) in [4.78, 5) is 34.3. The first kappa shape index (κ1) is 63.1. The third-order valence-electron chi connectivity index (χ3n) is 10.9. The Morgan fingerprint density at radius 1 is 0.688 bits per heavy atom. The van der Waals surface area contributed by atoms with Crippen LogP contribution in [0.2, 0.25) is 5.02 Å². The van der Waals surface area contributed by atoms with Gasteiger partial charge in [0.25, 0.3) is 5.91 Å². The van der Waals surface area contributed by atoms with Crippen LogP contribution in [0.5, 0.6) is 0 Å². The Bertz CT molecular complexity index is 2220. The molecule has 428 valence electrons. The van der Waals surface area contributed by atoms with Crippen LogP contribution < -0.4 is 15.5 Å². The minimum absolute atomic E-state index is 0.281. The lowest BCUT2D eigenvalue weighted by atomic mass is 10.2. The Morgan fingerprint density at radius 2 is 1.21 bits per heavy atom. The second-order valence-corrected chi connectivity index (χ2v) is 18.2. The molecule has 1 saturated heterocycles. The van der Waals surface area contributed by atoms with E-state index < -0.39 is 0 Å². The van der Waals surface area contributed by atoms with Crippen molar-refractivity contribution >= 4 is 51.3 Å². The highest BCUT2D eigenvalue weighted by Crippen LogP contribution is 2.28. The monoisotopic (exact) mass is 1120 g/mol. The maximum Gasteiger partial charge on any atom is 0.267 e. The van der Waals surface area contributed by atoms with Gasteiger partial charge in [0.05, 0.1) is 188 Å². The molecule has 0 spiro atoms. The quantitative estimate of drug-likeness (QED) is 0.0264. The summed E-state index contributed by atoms with van der Waals surface area (Å²) in [6, 6.07) is 7.39. The second kappa shape index (κ2) is 40.4. The number of rotatable bonds is 46. The average Bonchev–Trinajstić information content (AvgIpc) is 4.11. The van der Waals surface area contributed by atoms with Crippen LogP contribution in [0.25, 0.3) is 10.4 Å². The maximum atomic E-state index is 12.9. The first-order chi connectivity index (χ1) is 37.9. The Kier molecular flexibility index (Phi) is 33.1. The van der Waals surface area contributed by atoms with Gasteiger partial charge in [0.1, 0.15) is 28.0 Å². The fourth-order valence-electron chi connectivity index (χ4n) is 6.98. The molecule has 5 rings (SSSR count). The predicted molar refractivity (Wildman–Crippen MR) is 288 cm³/mol. The molecule has 1 amide bonds. The van der Waals surface area contributed by atoms with Gasteiger partial charge in [-0.05, 0) is 31.0 Å². The van der Waals surface area contributed by atoms with Crippen LogP contribution in [0.15, 0.2) is 41.8 Å². The third kappa shape index (κ3) is 28.1. The van der Waals surface area contributed by atoms with Crippen LogP contribution in [0, 0.1) is 13.8 Å². The molecule has 0 aliphatic carbocycles. The van der Waals surface area contributed by atoms with E-state index in [1.807, 2.05) is 38.2 Å². The molecule has 0 unspecified atom stereocenters. The topological polar surface area (TPSA) is 277 Å². The summed E-state index contributed by atoms with van der Waals surface area (Å²) in [5, 5.41) is 19.0. The highest BCUT2D eigenvalue weighted by atomic mass is 35.5. The number of carbonyl (C=O) groups excluding carboxylic acids is 1. The number of nitrogens with one attached hydrogen (secondary N) is 2. The summed E-state index contributed by atoms with van der Waals surface area (Å²) in [5.41, 5.74) is 10.4. The van der Waals surface area contributed by atoms with Crippen molar-refractivity contribution in [1.29, 1.82) is 0 Å². The molecule has 1 fully saturated rings. The molecule has 77 heavy (non-hydrogen) atoms. The molecule has 28 heteroatoms. The van der Waals surface area contributed by atoms with Crippen molar-refractivity contribution in [3.63, 3.8) is 0 Å². The molecule has 2 N–H and O–H groups in total. The van der Waals surface area contributed by atoms with Crippen LogP contribution in [0.3, 0.4) is 0 Å². The largest absolute Gasteiger partial charge is 0.379 e. The molecule has 26 nitrogen and oxygen atoms in total. The molecule has 4 aromatic rings. The van der Waals surface area contributed by atoms with Gasteiger partial charge in [-0.3, -0.25) is 9.69 Å². The first-order valence-electron chi connectivity index (χ1n) is 25.8. The minimum atomic E-state index is -0.281. The molecule has 0 radical (unpaired) electrons. The van der Waals surface area contributed by atoms with Gasteiger partial charge in [0.2, 0.25) is 0 Å². The Morgan fingerprint density at radius 3 is 1.74 bits per heavy atom. The Balaban J connectivity index is 0.740. The van der Waals surface area contributed by atoms with Crippen molar-refractivity contribution in [2.45, 2.75) is 27.0 Å². The zero-order valence-electron chi connectivity index (χ0n) is 44.4. The van der Waals surface area contributed by atoms with Gasteiger partial charge in [-0.25, -0.2) is 19.6 Å². The summed E-state index contributed by atoms with van der Waals surface area (Å²) in [6.45, 7) is 20.1. The van der Waals surface area contributed by atoms with E-state index in [-0.39, 0.29) is 5.91 Å². The molecule has 0 atom stereocenters. The van der Waals surface area contributed by atoms with E-state index in [4.69, 9.17) is 79.0 Å². The van der Waals surface area contributed by atoms with Crippen molar-refractivity contribution in [3.8, 4) is 0 Å². The molecule has 3 aromatic heterocycles. The fourth-order valence-corrected chi connectivity index (χ4v) is 7.97. The van der Waals surface area contributed by atoms with Gasteiger partial charge in [-0.1, -0.05) is 45.4 Å². The summed E-state index contributed by atoms with van der Waals surface area (Å²) in [6.07, 6.45) is 3.41. The Labute approximate surface area is 459 Å². The molecular weight excluding hydrogens is 1050 g/mol. The van der Waals surface area contributed by atoms with Crippen LogP contribution in [0.4, 0.5) is 22.5 Å². The van der Waals surface area contributed by atoms with Crippen molar-refractivity contribution < 1.29 is 61.6 Å². The van der Waals surface area contributed by atoms with E-state index >= 15 is 0 Å². The van der Waals surface area contributed by atoms with Crippen LogP contribution >= 0.6 is 22.9 Å². The predicted octanol–water partition coefficient (Wildman–Crippen LogP) is 4.62. The van der Waals surface area contributed by atoms with Gasteiger partial charge in [0, 0.05) is 50.2 Å². The standard InChI is InChI=1S/C49H76ClN13O13S/c1-40-4-3-5-43(50)47(40)57-48(64)44-37-52-49(77-44)56-45-36-46(55-41(2)54-45)62-9-7-61(8-10-62)11-14-76-39-42-38-63(60-58-42)12-15-66-17-19-68-21-23-70-25-27-72-29-31-74-33-35-75-34-32-73-30-28-71-26-24-69-22-20-67-18-16-65-13-6-53-59-51/h3-5,36-38H,6-35,39H2,1-2H3,(H,57,64)(H,52,54,55,56). The number of piperazine rings is 1. The number of benzene rings is 1. The van der Waals surface area contributed by atoms with Gasteiger partial charge in [0.15, 0.2) is 5.13 Å². The lowest BCUT2D eigenvalue weighted by Gasteiger charge is -2.35. The van der Waals surface area contributed by atoms with Gasteiger partial charge in [-0.15, -0.1) is 5.10 Å². The summed E-state index contributed by atoms with van der Waals surface area (Å²) in [5.74, 6) is 1.79. The molecule has 1 aliphatic rings. The highest BCUT2D eigenvalue weighted by Gasteiger charge is 2.20. The molecular formula is C49H76ClN13O13S. The fraction of sp³-hybridized carbons (Fsp3) is 0.673. The SMILES string of the molecule is Cc1nc(Nc2ncc(C(=O)Nc3c(C)cccc3Cl)s2)cc(N2CCN(CCOCc3cn(CCOCCOCCOCCOCCOCCOCCOCCOCCOCCOCCOCCN=[N+]=[N-])nn3)CC2)n1. The normalized spacial score (nSPS) is 12.8. The maximum absolute atomic E-state index is 12.9. The number of azide groups is 1. The van der Waals surface area contributed by atoms with Gasteiger partial charge in [-0.2, -0.15) is 0 Å². The van der Waals surface area contributed by atoms with E-state index in [9.17, 15) is 4.79 Å². The molecule has 4 heterocycles. The number of hydrogen-bond acceptors (Lipinski definition) is 23. The lowest BCUT2D eigenvalue weighted by molar-refractivity contribution is -0.0275. The van der Waals surface area contributed by atoms with Crippen LogP contribution in [-0.4, -0.2) is 232 Å². The van der Waals surface area contributed by atoms with E-state index in [2.05, 4.69) is 50.7 Å².